The molecule has 2 N–H and O–H groups in total. The molecule has 0 aliphatic rings. The van der Waals surface area contributed by atoms with Crippen LogP contribution in [0.3, 0.4) is 0 Å². The average molecular weight is 325 g/mol. The number of nitrogens with zero attached hydrogens (tertiary/aromatic N) is 1. The molecule has 0 fully saturated rings. The second-order valence-corrected chi connectivity index (χ2v) is 5.69. The van der Waals surface area contributed by atoms with E-state index >= 15 is 0 Å². The van der Waals surface area contributed by atoms with Gasteiger partial charge in [-0.15, -0.1) is 0 Å². The molecule has 0 aliphatic carbocycles. The smallest absolute Gasteiger partial charge is 0.252 e. The standard InChI is InChI=1S/C19H23N3O2/c1-3-4-5-9-21-19(24)16-11-18(13-20-12-16)22-17-8-6-7-15(10-17)14(2)23/h6-8,10-13,22H,3-5,9H2,1-2H3,(H,21,24). The lowest BCUT2D eigenvalue weighted by molar-refractivity contribution is 0.0951. The molecule has 0 saturated carbocycles. The molecule has 0 aliphatic heterocycles. The van der Waals surface area contributed by atoms with Crippen molar-refractivity contribution in [2.75, 3.05) is 11.9 Å². The van der Waals surface area contributed by atoms with E-state index in [1.807, 2.05) is 12.1 Å². The molecule has 0 bridgehead atoms. The number of carbonyl (C=O) groups is 2. The number of nitrogens with one attached hydrogen (secondary N) is 2. The van der Waals surface area contributed by atoms with Crippen LogP contribution in [0.25, 0.3) is 0 Å². The van der Waals surface area contributed by atoms with Gasteiger partial charge in [-0.1, -0.05) is 31.9 Å². The zero-order valence-corrected chi connectivity index (χ0v) is 14.1. The molecule has 2 aromatic rings. The predicted molar refractivity (Wildman–Crippen MR) is 95.8 cm³/mol. The van der Waals surface area contributed by atoms with Crippen LogP contribution < -0.4 is 10.6 Å². The summed E-state index contributed by atoms with van der Waals surface area (Å²) in [7, 11) is 0. The second-order valence-electron chi connectivity index (χ2n) is 5.69. The summed E-state index contributed by atoms with van der Waals surface area (Å²) < 4.78 is 0. The minimum atomic E-state index is -0.125. The Hall–Kier alpha value is -2.69. The first-order valence-electron chi connectivity index (χ1n) is 8.21. The predicted octanol–water partition coefficient (Wildman–Crippen LogP) is 3.95. The summed E-state index contributed by atoms with van der Waals surface area (Å²) >= 11 is 0. The number of hydrogen-bond donors (Lipinski definition) is 2. The van der Waals surface area contributed by atoms with Crippen molar-refractivity contribution in [1.29, 1.82) is 0 Å². The van der Waals surface area contributed by atoms with Gasteiger partial charge in [0.2, 0.25) is 0 Å². The summed E-state index contributed by atoms with van der Waals surface area (Å²) in [6.07, 6.45) is 6.40. The monoisotopic (exact) mass is 325 g/mol. The van der Waals surface area contributed by atoms with Crippen LogP contribution in [0.2, 0.25) is 0 Å². The van der Waals surface area contributed by atoms with Crippen molar-refractivity contribution >= 4 is 23.1 Å². The van der Waals surface area contributed by atoms with Gasteiger partial charge in [0, 0.05) is 24.0 Å². The maximum Gasteiger partial charge on any atom is 0.252 e. The van der Waals surface area contributed by atoms with Crippen LogP contribution >= 0.6 is 0 Å². The average Bonchev–Trinajstić information content (AvgIpc) is 2.59. The Balaban J connectivity index is 2.03. The number of carbonyl (C=O) groups excluding carboxylic acids is 2. The number of ketones is 1. The van der Waals surface area contributed by atoms with Gasteiger partial charge in [-0.05, 0) is 31.5 Å². The lowest BCUT2D eigenvalue weighted by Crippen LogP contribution is -2.24. The number of unbranched alkanes of at least 4 members (excludes halogenated alkanes) is 2. The Labute approximate surface area is 142 Å². The molecule has 2 rings (SSSR count). The van der Waals surface area contributed by atoms with E-state index in [0.717, 1.165) is 24.9 Å². The molecule has 1 aromatic carbocycles. The van der Waals surface area contributed by atoms with Gasteiger partial charge in [-0.2, -0.15) is 0 Å². The van der Waals surface area contributed by atoms with Gasteiger partial charge in [-0.3, -0.25) is 14.6 Å². The van der Waals surface area contributed by atoms with E-state index in [1.54, 1.807) is 30.6 Å². The lowest BCUT2D eigenvalue weighted by Gasteiger charge is -2.09. The largest absolute Gasteiger partial charge is 0.354 e. The summed E-state index contributed by atoms with van der Waals surface area (Å²) in [5, 5.41) is 6.07. The van der Waals surface area contributed by atoms with Crippen LogP contribution in [0.1, 0.15) is 53.8 Å². The van der Waals surface area contributed by atoms with Crippen LogP contribution in [0.5, 0.6) is 0 Å². The second kappa shape index (κ2) is 8.82. The van der Waals surface area contributed by atoms with E-state index < -0.39 is 0 Å². The van der Waals surface area contributed by atoms with Crippen molar-refractivity contribution in [2.45, 2.75) is 33.1 Å². The summed E-state index contributed by atoms with van der Waals surface area (Å²) in [5.74, 6) is -0.114. The van der Waals surface area contributed by atoms with E-state index in [2.05, 4.69) is 22.5 Å². The Kier molecular flexibility index (Phi) is 6.49. The van der Waals surface area contributed by atoms with Gasteiger partial charge >= 0.3 is 0 Å². The molecule has 24 heavy (non-hydrogen) atoms. The van der Waals surface area contributed by atoms with E-state index in [1.165, 1.54) is 6.92 Å². The van der Waals surface area contributed by atoms with Crippen LogP contribution in [0.4, 0.5) is 11.4 Å². The maximum absolute atomic E-state index is 12.1. The number of anilines is 2. The van der Waals surface area contributed by atoms with Crippen LogP contribution in [0, 0.1) is 0 Å². The molecule has 5 nitrogen and oxygen atoms in total. The Morgan fingerprint density at radius 2 is 1.83 bits per heavy atom. The van der Waals surface area contributed by atoms with Gasteiger partial charge in [0.25, 0.3) is 5.91 Å². The van der Waals surface area contributed by atoms with Crippen LogP contribution in [-0.2, 0) is 0 Å². The van der Waals surface area contributed by atoms with E-state index in [0.29, 0.717) is 23.4 Å². The molecule has 1 amide bonds. The molecule has 1 aromatic heterocycles. The summed E-state index contributed by atoms with van der Waals surface area (Å²) in [6.45, 7) is 4.33. The molecule has 0 spiro atoms. The highest BCUT2D eigenvalue weighted by Crippen LogP contribution is 2.18. The van der Waals surface area contributed by atoms with E-state index in [4.69, 9.17) is 0 Å². The lowest BCUT2D eigenvalue weighted by atomic mass is 10.1. The first-order chi connectivity index (χ1) is 11.6. The molecule has 0 atom stereocenters. The van der Waals surface area contributed by atoms with Crippen molar-refractivity contribution in [3.05, 3.63) is 53.9 Å². The Morgan fingerprint density at radius 3 is 2.58 bits per heavy atom. The molecular weight excluding hydrogens is 302 g/mol. The fourth-order valence-electron chi connectivity index (χ4n) is 2.29. The number of rotatable bonds is 8. The third-order valence-electron chi connectivity index (χ3n) is 3.62. The number of benzene rings is 1. The number of pyridine rings is 1. The van der Waals surface area contributed by atoms with E-state index in [-0.39, 0.29) is 11.7 Å². The number of hydrogen-bond acceptors (Lipinski definition) is 4. The minimum Gasteiger partial charge on any atom is -0.354 e. The topological polar surface area (TPSA) is 71.1 Å². The highest BCUT2D eigenvalue weighted by molar-refractivity contribution is 5.96. The normalized spacial score (nSPS) is 10.2. The van der Waals surface area contributed by atoms with Crippen molar-refractivity contribution in [1.82, 2.24) is 10.3 Å². The van der Waals surface area contributed by atoms with Crippen molar-refractivity contribution in [3.8, 4) is 0 Å². The quantitative estimate of drug-likeness (QED) is 0.569. The molecule has 0 radical (unpaired) electrons. The van der Waals surface area contributed by atoms with Crippen LogP contribution in [-0.4, -0.2) is 23.2 Å². The van der Waals surface area contributed by atoms with Crippen molar-refractivity contribution in [2.24, 2.45) is 0 Å². The number of amides is 1. The molecule has 0 unspecified atom stereocenters. The molecular formula is C19H23N3O2. The Morgan fingerprint density at radius 1 is 1.04 bits per heavy atom. The highest BCUT2D eigenvalue weighted by Gasteiger charge is 2.07. The SMILES string of the molecule is CCCCCNC(=O)c1cncc(Nc2cccc(C(C)=O)c2)c1. The summed E-state index contributed by atoms with van der Waals surface area (Å²) in [4.78, 5) is 27.7. The zero-order valence-electron chi connectivity index (χ0n) is 14.1. The molecule has 1 heterocycles. The maximum atomic E-state index is 12.1. The summed E-state index contributed by atoms with van der Waals surface area (Å²) in [5.41, 5.74) is 2.64. The molecule has 5 heteroatoms. The van der Waals surface area contributed by atoms with Crippen LogP contribution in [0.15, 0.2) is 42.7 Å². The van der Waals surface area contributed by atoms with Gasteiger partial charge in [0.15, 0.2) is 5.78 Å². The summed E-state index contributed by atoms with van der Waals surface area (Å²) in [6, 6.07) is 8.98. The minimum absolute atomic E-state index is 0.0111. The van der Waals surface area contributed by atoms with Gasteiger partial charge in [0.05, 0.1) is 17.4 Å². The van der Waals surface area contributed by atoms with E-state index in [9.17, 15) is 9.59 Å². The fraction of sp³-hybridized carbons (Fsp3) is 0.316. The molecule has 0 saturated heterocycles. The third-order valence-corrected chi connectivity index (χ3v) is 3.62. The fourth-order valence-corrected chi connectivity index (χ4v) is 2.29. The zero-order chi connectivity index (χ0) is 17.4. The first kappa shape index (κ1) is 17.7. The van der Waals surface area contributed by atoms with Gasteiger partial charge < -0.3 is 10.6 Å². The third kappa shape index (κ3) is 5.19. The Bertz CT molecular complexity index is 713. The number of Topliss-reactive ketones (excluding diaryl/α,β-unsaturated/α-hetero) is 1. The van der Waals surface area contributed by atoms with Gasteiger partial charge in [0.1, 0.15) is 0 Å². The first-order valence-corrected chi connectivity index (χ1v) is 8.21. The highest BCUT2D eigenvalue weighted by atomic mass is 16.1. The van der Waals surface area contributed by atoms with Crippen molar-refractivity contribution < 1.29 is 9.59 Å². The molecule has 126 valence electrons. The van der Waals surface area contributed by atoms with Crippen molar-refractivity contribution in [3.63, 3.8) is 0 Å². The van der Waals surface area contributed by atoms with Gasteiger partial charge in [-0.25, -0.2) is 0 Å². The number of aromatic nitrogens is 1.